The van der Waals surface area contributed by atoms with E-state index in [0.29, 0.717) is 23.7 Å². The first-order valence-electron chi connectivity index (χ1n) is 11.4. The second-order valence-electron chi connectivity index (χ2n) is 8.50. The highest BCUT2D eigenvalue weighted by atomic mass is 19.1. The first kappa shape index (κ1) is 22.0. The van der Waals surface area contributed by atoms with Gasteiger partial charge in [-0.1, -0.05) is 12.1 Å². The molecule has 0 aliphatic carbocycles. The van der Waals surface area contributed by atoms with Crippen molar-refractivity contribution in [2.75, 3.05) is 13.4 Å². The number of hydrogen-bond donors (Lipinski definition) is 1. The molecule has 1 N–H and O–H groups in total. The van der Waals surface area contributed by atoms with Crippen LogP contribution in [0.5, 0.6) is 23.0 Å². The molecule has 36 heavy (non-hydrogen) atoms. The monoisotopic (exact) mass is 489 g/mol. The molecule has 2 aliphatic heterocycles. The minimum Gasteiger partial charge on any atom is -0.504 e. The van der Waals surface area contributed by atoms with Crippen LogP contribution in [0, 0.1) is 5.82 Å². The molecule has 0 bridgehead atoms. The Morgan fingerprint density at radius 3 is 2.72 bits per heavy atom. The number of phenols is 1. The molecule has 1 unspecified atom stereocenters. The predicted octanol–water partition coefficient (Wildman–Crippen LogP) is 4.51. The summed E-state index contributed by atoms with van der Waals surface area (Å²) in [5.41, 5.74) is 1.01. The molecule has 0 radical (unpaired) electrons. The number of hydrogen-bond acceptors (Lipinski definition) is 7. The van der Waals surface area contributed by atoms with Gasteiger partial charge in [-0.05, 0) is 60.5 Å². The molecule has 6 rings (SSSR count). The summed E-state index contributed by atoms with van der Waals surface area (Å²) in [6.45, 7) is 2.33. The molecule has 1 atom stereocenters. The lowest BCUT2D eigenvalue weighted by Gasteiger charge is -2.26. The minimum atomic E-state index is -0.860. The zero-order chi connectivity index (χ0) is 25.0. The zero-order valence-corrected chi connectivity index (χ0v) is 19.1. The third-order valence-corrected chi connectivity index (χ3v) is 6.32. The molecule has 182 valence electrons. The highest BCUT2D eigenvalue weighted by molar-refractivity contribution is 5.99. The standard InChI is InChI=1S/C27H20FNO7/c1-2-33-21-10-15(4-6-18(21)30)24-23-25(31)17-11-16(28)5-8-19(17)36-26(23)27(32)29(24)12-14-3-7-20-22(9-14)35-13-34-20/h3-11,24,30H,2,12-13H2,1H3. The average molecular weight is 489 g/mol. The fourth-order valence-corrected chi connectivity index (χ4v) is 4.71. The highest BCUT2D eigenvalue weighted by Crippen LogP contribution is 2.42. The van der Waals surface area contributed by atoms with Crippen LogP contribution in [0.15, 0.2) is 63.8 Å². The molecule has 1 aromatic heterocycles. The van der Waals surface area contributed by atoms with Gasteiger partial charge in [-0.15, -0.1) is 0 Å². The highest BCUT2D eigenvalue weighted by Gasteiger charge is 2.43. The smallest absolute Gasteiger partial charge is 0.291 e. The summed E-state index contributed by atoms with van der Waals surface area (Å²) in [4.78, 5) is 28.8. The minimum absolute atomic E-state index is 0.0419. The van der Waals surface area contributed by atoms with Crippen LogP contribution in [0.1, 0.15) is 40.2 Å². The second kappa shape index (κ2) is 8.30. The number of nitrogens with zero attached hydrogens (tertiary/aromatic N) is 1. The molecule has 3 heterocycles. The maximum Gasteiger partial charge on any atom is 0.291 e. The molecule has 2 aliphatic rings. The lowest BCUT2D eigenvalue weighted by molar-refractivity contribution is 0.0714. The van der Waals surface area contributed by atoms with Crippen LogP contribution >= 0.6 is 0 Å². The van der Waals surface area contributed by atoms with E-state index in [2.05, 4.69) is 0 Å². The molecule has 8 nitrogen and oxygen atoms in total. The van der Waals surface area contributed by atoms with Crippen LogP contribution < -0.4 is 19.6 Å². The Morgan fingerprint density at radius 1 is 1.06 bits per heavy atom. The van der Waals surface area contributed by atoms with E-state index < -0.39 is 23.2 Å². The predicted molar refractivity (Wildman–Crippen MR) is 126 cm³/mol. The number of benzene rings is 3. The molecular weight excluding hydrogens is 469 g/mol. The van der Waals surface area contributed by atoms with Gasteiger partial charge >= 0.3 is 0 Å². The summed E-state index contributed by atoms with van der Waals surface area (Å²) in [7, 11) is 0. The van der Waals surface area contributed by atoms with Crippen molar-refractivity contribution < 1.29 is 32.9 Å². The number of aromatic hydroxyl groups is 1. The van der Waals surface area contributed by atoms with Crippen molar-refractivity contribution in [3.63, 3.8) is 0 Å². The van der Waals surface area contributed by atoms with Crippen LogP contribution in [0.3, 0.4) is 0 Å². The summed E-state index contributed by atoms with van der Waals surface area (Å²) in [6.07, 6.45) is 0. The van der Waals surface area contributed by atoms with E-state index in [1.54, 1.807) is 31.2 Å². The van der Waals surface area contributed by atoms with Crippen LogP contribution in [0.25, 0.3) is 11.0 Å². The van der Waals surface area contributed by atoms with Crippen molar-refractivity contribution in [1.82, 2.24) is 4.90 Å². The van der Waals surface area contributed by atoms with Crippen molar-refractivity contribution in [2.24, 2.45) is 0 Å². The summed E-state index contributed by atoms with van der Waals surface area (Å²) >= 11 is 0. The van der Waals surface area contributed by atoms with E-state index in [0.717, 1.165) is 11.6 Å². The van der Waals surface area contributed by atoms with Gasteiger partial charge in [0, 0.05) is 6.54 Å². The molecule has 0 spiro atoms. The number of phenolic OH excluding ortho intramolecular Hbond substituents is 1. The average Bonchev–Trinajstić information content (AvgIpc) is 3.44. The normalized spacial score (nSPS) is 16.0. The van der Waals surface area contributed by atoms with Gasteiger partial charge in [-0.2, -0.15) is 0 Å². The van der Waals surface area contributed by atoms with Crippen molar-refractivity contribution in [3.05, 3.63) is 93.1 Å². The Bertz CT molecular complexity index is 1600. The van der Waals surface area contributed by atoms with Crippen molar-refractivity contribution in [1.29, 1.82) is 0 Å². The van der Waals surface area contributed by atoms with Crippen molar-refractivity contribution >= 4 is 16.9 Å². The number of amides is 1. The number of halogens is 1. The molecule has 4 aromatic rings. The Hall–Kier alpha value is -4.53. The lowest BCUT2D eigenvalue weighted by atomic mass is 9.97. The van der Waals surface area contributed by atoms with E-state index in [1.165, 1.54) is 23.1 Å². The number of fused-ring (bicyclic) bond motifs is 3. The van der Waals surface area contributed by atoms with E-state index in [9.17, 15) is 19.1 Å². The Labute approximate surface area is 204 Å². The van der Waals surface area contributed by atoms with Gasteiger partial charge in [-0.25, -0.2) is 4.39 Å². The fraction of sp³-hybridized carbons (Fsp3) is 0.185. The largest absolute Gasteiger partial charge is 0.504 e. The fourth-order valence-electron chi connectivity index (χ4n) is 4.71. The van der Waals surface area contributed by atoms with Gasteiger partial charge in [0.25, 0.3) is 5.91 Å². The molecule has 3 aromatic carbocycles. The Morgan fingerprint density at radius 2 is 1.89 bits per heavy atom. The van der Waals surface area contributed by atoms with Gasteiger partial charge < -0.3 is 28.6 Å². The zero-order valence-electron chi connectivity index (χ0n) is 19.1. The van der Waals surface area contributed by atoms with E-state index in [1.807, 2.05) is 6.07 Å². The quantitative estimate of drug-likeness (QED) is 0.440. The third kappa shape index (κ3) is 3.43. The topological polar surface area (TPSA) is 98.4 Å². The lowest BCUT2D eigenvalue weighted by Crippen LogP contribution is -2.29. The number of carbonyl (C=O) groups is 1. The van der Waals surface area contributed by atoms with Crippen molar-refractivity contribution in [2.45, 2.75) is 19.5 Å². The van der Waals surface area contributed by atoms with Crippen LogP contribution in [0.4, 0.5) is 4.39 Å². The summed E-state index contributed by atoms with van der Waals surface area (Å²) in [6, 6.07) is 12.8. The summed E-state index contributed by atoms with van der Waals surface area (Å²) in [5.74, 6) is 0.146. The molecular formula is C27H20FNO7. The third-order valence-electron chi connectivity index (χ3n) is 6.32. The van der Waals surface area contributed by atoms with Gasteiger partial charge in [0.1, 0.15) is 11.4 Å². The maximum absolute atomic E-state index is 14.0. The molecule has 0 saturated heterocycles. The SMILES string of the molecule is CCOc1cc(C2c3c(oc4ccc(F)cc4c3=O)C(=O)N2Cc2ccc3c(c2)OCO3)ccc1O. The maximum atomic E-state index is 14.0. The second-order valence-corrected chi connectivity index (χ2v) is 8.50. The molecule has 0 saturated carbocycles. The first-order chi connectivity index (χ1) is 17.4. The van der Waals surface area contributed by atoms with E-state index in [-0.39, 0.29) is 47.1 Å². The van der Waals surface area contributed by atoms with E-state index >= 15 is 0 Å². The van der Waals surface area contributed by atoms with Gasteiger partial charge in [0.05, 0.1) is 23.6 Å². The summed E-state index contributed by atoms with van der Waals surface area (Å²) < 4.78 is 36.2. The Kier molecular flexibility index (Phi) is 5.06. The van der Waals surface area contributed by atoms with Gasteiger partial charge in [0.2, 0.25) is 12.6 Å². The van der Waals surface area contributed by atoms with Gasteiger partial charge in [0.15, 0.2) is 28.4 Å². The molecule has 9 heteroatoms. The summed E-state index contributed by atoms with van der Waals surface area (Å²) in [5, 5.41) is 10.3. The molecule has 0 fully saturated rings. The Balaban J connectivity index is 1.53. The van der Waals surface area contributed by atoms with Crippen LogP contribution in [0.2, 0.25) is 0 Å². The van der Waals surface area contributed by atoms with Crippen LogP contribution in [-0.2, 0) is 6.54 Å². The first-order valence-corrected chi connectivity index (χ1v) is 11.4. The van der Waals surface area contributed by atoms with E-state index in [4.69, 9.17) is 18.6 Å². The van der Waals surface area contributed by atoms with Gasteiger partial charge in [-0.3, -0.25) is 9.59 Å². The van der Waals surface area contributed by atoms with Crippen molar-refractivity contribution in [3.8, 4) is 23.0 Å². The molecule has 1 amide bonds. The number of ether oxygens (including phenoxy) is 3. The number of rotatable bonds is 5. The van der Waals surface area contributed by atoms with Crippen LogP contribution in [-0.4, -0.2) is 29.3 Å². The number of carbonyl (C=O) groups excluding carboxylic acids is 1.